The standard InChI is InChI=1S/C17H25NO3/c1-13(2)15-6-4-14(5-7-15)12-17(3,16(19)20)18-8-10-21-11-9-18/h4-7,13H,8-12H2,1-3H3,(H,19,20). The van der Waals surface area contributed by atoms with Crippen molar-refractivity contribution in [1.29, 1.82) is 0 Å². The number of morpholine rings is 1. The fraction of sp³-hybridized carbons (Fsp3) is 0.588. The number of ether oxygens (including phenoxy) is 1. The molecule has 0 spiro atoms. The Kier molecular flexibility index (Phi) is 5.01. The molecule has 4 heteroatoms. The Hall–Kier alpha value is -1.39. The molecule has 116 valence electrons. The van der Waals surface area contributed by atoms with E-state index in [0.29, 0.717) is 38.6 Å². The van der Waals surface area contributed by atoms with Gasteiger partial charge in [-0.3, -0.25) is 9.69 Å². The van der Waals surface area contributed by atoms with Crippen LogP contribution in [-0.4, -0.2) is 47.8 Å². The molecule has 1 N–H and O–H groups in total. The number of nitrogens with zero attached hydrogens (tertiary/aromatic N) is 1. The van der Waals surface area contributed by atoms with Crippen LogP contribution in [0.25, 0.3) is 0 Å². The number of carboxylic acid groups (broad SMARTS) is 1. The van der Waals surface area contributed by atoms with Crippen LogP contribution in [0.1, 0.15) is 37.8 Å². The third-order valence-electron chi connectivity index (χ3n) is 4.36. The van der Waals surface area contributed by atoms with Crippen molar-refractivity contribution in [2.45, 2.75) is 38.6 Å². The van der Waals surface area contributed by atoms with E-state index in [0.717, 1.165) is 5.56 Å². The lowest BCUT2D eigenvalue weighted by Crippen LogP contribution is -2.57. The first-order valence-electron chi connectivity index (χ1n) is 7.58. The van der Waals surface area contributed by atoms with E-state index in [1.165, 1.54) is 5.56 Å². The molecular formula is C17H25NO3. The fourth-order valence-electron chi connectivity index (χ4n) is 2.80. The molecule has 2 rings (SSSR count). The summed E-state index contributed by atoms with van der Waals surface area (Å²) in [6, 6.07) is 8.30. The molecule has 21 heavy (non-hydrogen) atoms. The average Bonchev–Trinajstić information content (AvgIpc) is 2.48. The first-order valence-corrected chi connectivity index (χ1v) is 7.58. The van der Waals surface area contributed by atoms with Gasteiger partial charge in [-0.2, -0.15) is 0 Å². The number of rotatable bonds is 5. The third-order valence-corrected chi connectivity index (χ3v) is 4.36. The van der Waals surface area contributed by atoms with Crippen molar-refractivity contribution in [1.82, 2.24) is 4.90 Å². The van der Waals surface area contributed by atoms with E-state index in [-0.39, 0.29) is 0 Å². The summed E-state index contributed by atoms with van der Waals surface area (Å²) in [6.45, 7) is 8.69. The van der Waals surface area contributed by atoms with E-state index in [2.05, 4.69) is 38.1 Å². The first-order chi connectivity index (χ1) is 9.93. The molecular weight excluding hydrogens is 266 g/mol. The highest BCUT2D eigenvalue weighted by Crippen LogP contribution is 2.24. The zero-order valence-corrected chi connectivity index (χ0v) is 13.1. The highest BCUT2D eigenvalue weighted by molar-refractivity contribution is 5.78. The second-order valence-corrected chi connectivity index (χ2v) is 6.25. The monoisotopic (exact) mass is 291 g/mol. The molecule has 0 bridgehead atoms. The minimum Gasteiger partial charge on any atom is -0.480 e. The topological polar surface area (TPSA) is 49.8 Å². The zero-order chi connectivity index (χ0) is 15.5. The summed E-state index contributed by atoms with van der Waals surface area (Å²) in [4.78, 5) is 13.8. The van der Waals surface area contributed by atoms with Gasteiger partial charge >= 0.3 is 5.97 Å². The van der Waals surface area contributed by atoms with Crippen molar-refractivity contribution >= 4 is 5.97 Å². The van der Waals surface area contributed by atoms with Crippen LogP contribution in [0.2, 0.25) is 0 Å². The predicted molar refractivity (Wildman–Crippen MR) is 82.7 cm³/mol. The van der Waals surface area contributed by atoms with E-state index < -0.39 is 11.5 Å². The Labute approximate surface area is 126 Å². The van der Waals surface area contributed by atoms with E-state index in [1.54, 1.807) is 0 Å². The van der Waals surface area contributed by atoms with Gasteiger partial charge in [-0.25, -0.2) is 0 Å². The van der Waals surface area contributed by atoms with Crippen LogP contribution >= 0.6 is 0 Å². The molecule has 1 saturated heterocycles. The van der Waals surface area contributed by atoms with Crippen molar-refractivity contribution in [2.24, 2.45) is 0 Å². The quantitative estimate of drug-likeness (QED) is 0.905. The second-order valence-electron chi connectivity index (χ2n) is 6.25. The van der Waals surface area contributed by atoms with E-state index in [4.69, 9.17) is 4.74 Å². The Morgan fingerprint density at radius 1 is 1.29 bits per heavy atom. The lowest BCUT2D eigenvalue weighted by molar-refractivity contribution is -0.153. The van der Waals surface area contributed by atoms with Crippen molar-refractivity contribution in [3.05, 3.63) is 35.4 Å². The molecule has 1 unspecified atom stereocenters. The van der Waals surface area contributed by atoms with Crippen molar-refractivity contribution in [3.63, 3.8) is 0 Å². The Morgan fingerprint density at radius 3 is 2.33 bits per heavy atom. The molecule has 0 aliphatic carbocycles. The normalized spacial score (nSPS) is 19.4. The van der Waals surface area contributed by atoms with Gasteiger partial charge in [0, 0.05) is 19.5 Å². The zero-order valence-electron chi connectivity index (χ0n) is 13.1. The summed E-state index contributed by atoms with van der Waals surface area (Å²) in [6.07, 6.45) is 0.515. The van der Waals surface area contributed by atoms with Gasteiger partial charge in [0.05, 0.1) is 13.2 Å². The van der Waals surface area contributed by atoms with E-state index >= 15 is 0 Å². The van der Waals surface area contributed by atoms with Crippen LogP contribution < -0.4 is 0 Å². The summed E-state index contributed by atoms with van der Waals surface area (Å²) >= 11 is 0. The molecule has 1 heterocycles. The van der Waals surface area contributed by atoms with Gasteiger partial charge in [0.25, 0.3) is 0 Å². The number of aliphatic carboxylic acids is 1. The van der Waals surface area contributed by atoms with Crippen molar-refractivity contribution in [3.8, 4) is 0 Å². The molecule has 1 aliphatic heterocycles. The minimum atomic E-state index is -0.872. The average molecular weight is 291 g/mol. The number of carbonyl (C=O) groups is 1. The molecule has 1 fully saturated rings. The largest absolute Gasteiger partial charge is 0.480 e. The number of carboxylic acids is 1. The molecule has 1 atom stereocenters. The lowest BCUT2D eigenvalue weighted by atomic mass is 9.89. The molecule has 0 radical (unpaired) electrons. The number of hydrogen-bond donors (Lipinski definition) is 1. The highest BCUT2D eigenvalue weighted by Gasteiger charge is 2.40. The molecule has 0 aromatic heterocycles. The van der Waals surface area contributed by atoms with Crippen LogP contribution in [0.4, 0.5) is 0 Å². The SMILES string of the molecule is CC(C)c1ccc(CC(C)(C(=O)O)N2CCOCC2)cc1. The lowest BCUT2D eigenvalue weighted by Gasteiger charge is -2.40. The first kappa shape index (κ1) is 16.0. The second kappa shape index (κ2) is 6.58. The number of benzene rings is 1. The van der Waals surface area contributed by atoms with E-state index in [9.17, 15) is 9.90 Å². The summed E-state index contributed by atoms with van der Waals surface area (Å²) in [5.41, 5.74) is 1.47. The summed E-state index contributed by atoms with van der Waals surface area (Å²) in [5.74, 6) is -0.276. The maximum absolute atomic E-state index is 11.8. The maximum Gasteiger partial charge on any atom is 0.324 e. The van der Waals surface area contributed by atoms with Crippen LogP contribution in [0, 0.1) is 0 Å². The van der Waals surface area contributed by atoms with Gasteiger partial charge in [-0.15, -0.1) is 0 Å². The minimum absolute atomic E-state index is 0.490. The highest BCUT2D eigenvalue weighted by atomic mass is 16.5. The van der Waals surface area contributed by atoms with Crippen LogP contribution in [0.15, 0.2) is 24.3 Å². The van der Waals surface area contributed by atoms with Gasteiger partial charge in [-0.05, 0) is 24.0 Å². The molecule has 4 nitrogen and oxygen atoms in total. The summed E-state index contributed by atoms with van der Waals surface area (Å²) in [5, 5.41) is 9.71. The summed E-state index contributed by atoms with van der Waals surface area (Å²) < 4.78 is 5.33. The fourth-order valence-corrected chi connectivity index (χ4v) is 2.80. The molecule has 0 saturated carbocycles. The third kappa shape index (κ3) is 3.63. The van der Waals surface area contributed by atoms with Crippen LogP contribution in [0.3, 0.4) is 0 Å². The number of hydrogen-bond acceptors (Lipinski definition) is 3. The van der Waals surface area contributed by atoms with Crippen LogP contribution in [0.5, 0.6) is 0 Å². The van der Waals surface area contributed by atoms with Gasteiger partial charge < -0.3 is 9.84 Å². The maximum atomic E-state index is 11.8. The van der Waals surface area contributed by atoms with Gasteiger partial charge in [-0.1, -0.05) is 38.1 Å². The molecule has 1 aliphatic rings. The molecule has 1 aromatic rings. The van der Waals surface area contributed by atoms with Gasteiger partial charge in [0.15, 0.2) is 0 Å². The summed E-state index contributed by atoms with van der Waals surface area (Å²) in [7, 11) is 0. The Morgan fingerprint density at radius 2 is 1.86 bits per heavy atom. The van der Waals surface area contributed by atoms with Gasteiger partial charge in [0.2, 0.25) is 0 Å². The predicted octanol–water partition coefficient (Wildman–Crippen LogP) is 2.53. The molecule has 0 amide bonds. The van der Waals surface area contributed by atoms with Crippen molar-refractivity contribution in [2.75, 3.05) is 26.3 Å². The van der Waals surface area contributed by atoms with Crippen LogP contribution in [-0.2, 0) is 16.0 Å². The van der Waals surface area contributed by atoms with Crippen molar-refractivity contribution < 1.29 is 14.6 Å². The van der Waals surface area contributed by atoms with E-state index in [1.807, 2.05) is 11.8 Å². The molecule has 1 aromatic carbocycles. The van der Waals surface area contributed by atoms with Gasteiger partial charge in [0.1, 0.15) is 5.54 Å². The smallest absolute Gasteiger partial charge is 0.324 e. The Bertz CT molecular complexity index is 477. The Balaban J connectivity index is 2.17.